The highest BCUT2D eigenvalue weighted by atomic mass is 35.5. The van der Waals surface area contributed by atoms with Crippen LogP contribution in [0.2, 0.25) is 15.1 Å². The molecule has 2 aromatic rings. The van der Waals surface area contributed by atoms with Crippen molar-refractivity contribution in [2.75, 3.05) is 0 Å². The van der Waals surface area contributed by atoms with Crippen LogP contribution in [0.1, 0.15) is 38.2 Å². The van der Waals surface area contributed by atoms with Crippen molar-refractivity contribution in [1.29, 1.82) is 0 Å². The molecule has 1 aliphatic heterocycles. The molecule has 2 aromatic carbocycles. The molecule has 1 aliphatic carbocycles. The lowest BCUT2D eigenvalue weighted by Crippen LogP contribution is -2.57. The first-order chi connectivity index (χ1) is 12.5. The number of allylic oxidation sites excluding steroid dienone is 1. The van der Waals surface area contributed by atoms with E-state index in [9.17, 15) is 0 Å². The lowest BCUT2D eigenvalue weighted by atomic mass is 10.0. The largest absolute Gasteiger partial charge is 0.246 e. The molecular formula is C21H20Cl3N2+. The van der Waals surface area contributed by atoms with E-state index >= 15 is 0 Å². The van der Waals surface area contributed by atoms with Crippen LogP contribution in [0, 0.1) is 0 Å². The molecule has 1 saturated carbocycles. The number of rotatable bonds is 3. The van der Waals surface area contributed by atoms with Gasteiger partial charge in [0.05, 0.1) is 16.8 Å². The highest BCUT2D eigenvalue weighted by Gasteiger charge is 2.50. The van der Waals surface area contributed by atoms with Gasteiger partial charge in [0.15, 0.2) is 0 Å². The zero-order valence-corrected chi connectivity index (χ0v) is 16.8. The van der Waals surface area contributed by atoms with Crippen molar-refractivity contribution in [3.05, 3.63) is 75.0 Å². The number of aliphatic imine (C=N–C) groups is 1. The Hall–Kier alpha value is -1.32. The smallest absolute Gasteiger partial charge is 0.210 e. The number of quaternary nitrogens is 1. The maximum Gasteiger partial charge on any atom is 0.246 e. The Bertz CT molecular complexity index is 896. The van der Waals surface area contributed by atoms with E-state index in [2.05, 4.69) is 19.1 Å². The van der Waals surface area contributed by atoms with Gasteiger partial charge in [0.2, 0.25) is 5.84 Å². The Kier molecular flexibility index (Phi) is 4.87. The van der Waals surface area contributed by atoms with E-state index in [1.165, 1.54) is 24.2 Å². The second kappa shape index (κ2) is 7.01. The summed E-state index contributed by atoms with van der Waals surface area (Å²) in [5.74, 6) is 0.971. The van der Waals surface area contributed by atoms with Gasteiger partial charge in [0.1, 0.15) is 17.4 Å². The average molecular weight is 407 g/mol. The first-order valence-corrected chi connectivity index (χ1v) is 10.0. The van der Waals surface area contributed by atoms with Crippen molar-refractivity contribution in [1.82, 2.24) is 4.48 Å². The lowest BCUT2D eigenvalue weighted by molar-refractivity contribution is 0.380. The molecule has 0 amide bonds. The van der Waals surface area contributed by atoms with Crippen molar-refractivity contribution < 1.29 is 0 Å². The van der Waals surface area contributed by atoms with Gasteiger partial charge in [-0.15, -0.1) is 0 Å². The molecule has 0 saturated heterocycles. The fraction of sp³-hybridized carbons (Fsp3) is 0.286. The van der Waals surface area contributed by atoms with E-state index in [1.807, 2.05) is 30.5 Å². The van der Waals surface area contributed by atoms with Gasteiger partial charge in [-0.2, -0.15) is 4.99 Å². The molecule has 0 bridgehead atoms. The normalized spacial score (nSPS) is 23.2. The molecule has 26 heavy (non-hydrogen) atoms. The number of hydrogen-bond donors (Lipinski definition) is 0. The second-order valence-electron chi connectivity index (χ2n) is 6.98. The van der Waals surface area contributed by atoms with Crippen molar-refractivity contribution >= 4 is 46.3 Å². The van der Waals surface area contributed by atoms with Crippen LogP contribution in [-0.2, 0) is 0 Å². The number of hydrogen-bond acceptors (Lipinski definition) is 1. The molecule has 2 aliphatic rings. The SMILES string of the molecule is CC1=CN=C(c2ccc(Cl)cc2Cl)[N+]1(c1ccc(Cl)cc1)C1CCCC1. The van der Waals surface area contributed by atoms with E-state index in [1.54, 1.807) is 6.07 Å². The molecule has 0 radical (unpaired) electrons. The molecule has 0 N–H and O–H groups in total. The first-order valence-electron chi connectivity index (χ1n) is 8.89. The summed E-state index contributed by atoms with van der Waals surface area (Å²) < 4.78 is 0.624. The van der Waals surface area contributed by atoms with Gasteiger partial charge in [0, 0.05) is 41.9 Å². The molecule has 1 fully saturated rings. The summed E-state index contributed by atoms with van der Waals surface area (Å²) in [6, 6.07) is 14.2. The predicted molar refractivity (Wildman–Crippen MR) is 112 cm³/mol. The minimum absolute atomic E-state index is 0.445. The highest BCUT2D eigenvalue weighted by Crippen LogP contribution is 2.44. The quantitative estimate of drug-likeness (QED) is 0.477. The van der Waals surface area contributed by atoms with Gasteiger partial charge in [-0.1, -0.05) is 34.8 Å². The Morgan fingerprint density at radius 3 is 2.23 bits per heavy atom. The van der Waals surface area contributed by atoms with E-state index in [4.69, 9.17) is 39.8 Å². The summed E-state index contributed by atoms with van der Waals surface area (Å²) in [7, 11) is 0. The van der Waals surface area contributed by atoms with E-state index in [-0.39, 0.29) is 0 Å². The standard InChI is InChI=1S/C21H20Cl3N2/c1-14-13-25-21(19-11-8-16(23)12-20(19)24)26(14,17-4-2-3-5-17)18-9-6-15(22)7-10-18/h6-13,17H,2-5H2,1H3/q+1. The summed E-state index contributed by atoms with van der Waals surface area (Å²) in [6.45, 7) is 2.16. The van der Waals surface area contributed by atoms with Crippen LogP contribution in [0.25, 0.3) is 0 Å². The van der Waals surface area contributed by atoms with E-state index < -0.39 is 0 Å². The van der Waals surface area contributed by atoms with Gasteiger partial charge in [0.25, 0.3) is 0 Å². The number of benzene rings is 2. The molecule has 4 rings (SSSR count). The zero-order chi connectivity index (χ0) is 18.3. The highest BCUT2D eigenvalue weighted by molar-refractivity contribution is 6.37. The molecular weight excluding hydrogens is 387 g/mol. The van der Waals surface area contributed by atoms with Crippen LogP contribution >= 0.6 is 34.8 Å². The second-order valence-corrected chi connectivity index (χ2v) is 8.26. The fourth-order valence-corrected chi connectivity index (χ4v) is 5.02. The minimum Gasteiger partial charge on any atom is -0.210 e. The number of amidine groups is 1. The Morgan fingerprint density at radius 2 is 1.58 bits per heavy atom. The van der Waals surface area contributed by atoms with Crippen LogP contribution in [0.5, 0.6) is 0 Å². The summed E-state index contributed by atoms with van der Waals surface area (Å²) in [6.07, 6.45) is 6.80. The van der Waals surface area contributed by atoms with Crippen LogP contribution in [0.15, 0.2) is 59.4 Å². The van der Waals surface area contributed by atoms with Crippen LogP contribution < -0.4 is 4.48 Å². The van der Waals surface area contributed by atoms with Crippen LogP contribution in [0.4, 0.5) is 5.69 Å². The third-order valence-electron chi connectivity index (χ3n) is 5.54. The summed E-state index contributed by atoms with van der Waals surface area (Å²) in [4.78, 5) is 4.84. The lowest BCUT2D eigenvalue weighted by Gasteiger charge is -2.40. The maximum atomic E-state index is 6.58. The molecule has 1 unspecified atom stereocenters. The summed E-state index contributed by atoms with van der Waals surface area (Å²) >= 11 is 18.9. The minimum atomic E-state index is 0.445. The van der Waals surface area contributed by atoms with Crippen LogP contribution in [-0.4, -0.2) is 11.9 Å². The van der Waals surface area contributed by atoms with E-state index in [0.717, 1.165) is 29.3 Å². The van der Waals surface area contributed by atoms with Gasteiger partial charge < -0.3 is 0 Å². The third-order valence-corrected chi connectivity index (χ3v) is 6.34. The molecule has 2 nitrogen and oxygen atoms in total. The number of halogens is 3. The fourth-order valence-electron chi connectivity index (χ4n) is 4.40. The predicted octanol–water partition coefficient (Wildman–Crippen LogP) is 7.22. The maximum absolute atomic E-state index is 6.58. The third kappa shape index (κ3) is 2.80. The molecule has 0 spiro atoms. The van der Waals surface area contributed by atoms with Crippen molar-refractivity contribution in [3.63, 3.8) is 0 Å². The first kappa shape index (κ1) is 18.1. The molecule has 1 atom stereocenters. The molecule has 0 aromatic heterocycles. The Morgan fingerprint density at radius 1 is 0.923 bits per heavy atom. The molecule has 1 heterocycles. The van der Waals surface area contributed by atoms with Crippen molar-refractivity contribution in [3.8, 4) is 0 Å². The van der Waals surface area contributed by atoms with Gasteiger partial charge in [-0.25, -0.2) is 4.48 Å². The topological polar surface area (TPSA) is 12.4 Å². The Labute approximate surface area is 169 Å². The monoisotopic (exact) mass is 405 g/mol. The van der Waals surface area contributed by atoms with Crippen LogP contribution in [0.3, 0.4) is 0 Å². The van der Waals surface area contributed by atoms with Gasteiger partial charge >= 0.3 is 0 Å². The Balaban J connectivity index is 1.94. The van der Waals surface area contributed by atoms with Gasteiger partial charge in [-0.05, 0) is 43.2 Å². The number of nitrogens with zero attached hydrogens (tertiary/aromatic N) is 2. The average Bonchev–Trinajstić information content (AvgIpc) is 3.25. The molecule has 134 valence electrons. The summed E-state index contributed by atoms with van der Waals surface area (Å²) in [5.41, 5.74) is 3.32. The molecule has 5 heteroatoms. The summed E-state index contributed by atoms with van der Waals surface area (Å²) in [5, 5.41) is 2.00. The van der Waals surface area contributed by atoms with Gasteiger partial charge in [-0.3, -0.25) is 0 Å². The van der Waals surface area contributed by atoms with E-state index in [0.29, 0.717) is 20.6 Å². The zero-order valence-electron chi connectivity index (χ0n) is 14.6. The van der Waals surface area contributed by atoms with Crippen molar-refractivity contribution in [2.24, 2.45) is 4.99 Å². The van der Waals surface area contributed by atoms with Crippen molar-refractivity contribution in [2.45, 2.75) is 38.6 Å².